The molecule has 3 aromatic rings. The third-order valence-corrected chi connectivity index (χ3v) is 4.85. The third kappa shape index (κ3) is 3.75. The molecule has 160 valence electrons. The maximum Gasteiger partial charge on any atom is 0.234 e. The van der Waals surface area contributed by atoms with Gasteiger partial charge in [0.25, 0.3) is 0 Å². The Morgan fingerprint density at radius 2 is 1.81 bits per heavy atom. The number of hydrogen-bond acceptors (Lipinski definition) is 10. The Balaban J connectivity index is 1.63. The largest absolute Gasteiger partial charge is 0.506 e. The van der Waals surface area contributed by atoms with Crippen molar-refractivity contribution in [3.63, 3.8) is 0 Å². The molecule has 2 aromatic carbocycles. The van der Waals surface area contributed by atoms with Crippen molar-refractivity contribution in [1.82, 2.24) is 0 Å². The molecule has 2 heterocycles. The quantitative estimate of drug-likeness (QED) is 0.449. The van der Waals surface area contributed by atoms with E-state index in [0.717, 1.165) is 0 Å². The minimum atomic E-state index is -1.68. The number of nitrogens with zero attached hydrogens (tertiary/aromatic N) is 1. The van der Waals surface area contributed by atoms with Crippen LogP contribution in [-0.2, 0) is 4.74 Å². The second kappa shape index (κ2) is 8.19. The lowest BCUT2D eigenvalue weighted by molar-refractivity contribution is -0.192. The van der Waals surface area contributed by atoms with E-state index < -0.39 is 36.6 Å². The number of aliphatic hydroxyl groups excluding tert-OH is 4. The summed E-state index contributed by atoms with van der Waals surface area (Å²) in [6.45, 7) is -0.637. The molecule has 10 nitrogen and oxygen atoms in total. The molecule has 0 radical (unpaired) electrons. The molecule has 0 fully saturated rings. The number of rotatable bonds is 5. The number of nitroso groups, excluding NO2 is 1. The summed E-state index contributed by atoms with van der Waals surface area (Å²) in [4.78, 5) is 23.4. The number of aliphatic hydroxyl groups is 4. The van der Waals surface area contributed by atoms with Crippen LogP contribution in [0, 0.1) is 4.91 Å². The van der Waals surface area contributed by atoms with Crippen molar-refractivity contribution in [2.75, 3.05) is 6.61 Å². The topological polar surface area (TPSA) is 159 Å². The highest BCUT2D eigenvalue weighted by atomic mass is 16.7. The van der Waals surface area contributed by atoms with Gasteiger partial charge in [-0.2, -0.15) is 0 Å². The Hall–Kier alpha value is -3.73. The minimum Gasteiger partial charge on any atom is -0.506 e. The molecule has 0 saturated carbocycles. The van der Waals surface area contributed by atoms with Gasteiger partial charge in [0, 0.05) is 6.07 Å². The molecule has 3 unspecified atom stereocenters. The van der Waals surface area contributed by atoms with Crippen molar-refractivity contribution in [3.8, 4) is 16.9 Å². The van der Waals surface area contributed by atoms with Gasteiger partial charge in [-0.25, -0.2) is 0 Å². The van der Waals surface area contributed by atoms with Crippen LogP contribution >= 0.6 is 0 Å². The molecule has 0 spiro atoms. The molecular weight excluding hydrogens is 410 g/mol. The maximum atomic E-state index is 12.9. The first-order valence-electron chi connectivity index (χ1n) is 9.15. The molecule has 1 aliphatic heterocycles. The van der Waals surface area contributed by atoms with E-state index in [1.54, 1.807) is 12.1 Å². The summed E-state index contributed by atoms with van der Waals surface area (Å²) in [6.07, 6.45) is -3.08. The Labute approximate surface area is 174 Å². The van der Waals surface area contributed by atoms with Crippen LogP contribution in [0.5, 0.6) is 5.75 Å². The fourth-order valence-electron chi connectivity index (χ4n) is 3.19. The lowest BCUT2D eigenvalue weighted by Crippen LogP contribution is -2.45. The predicted molar refractivity (Wildman–Crippen MR) is 108 cm³/mol. The van der Waals surface area contributed by atoms with E-state index in [-0.39, 0.29) is 27.8 Å². The fourth-order valence-corrected chi connectivity index (χ4v) is 3.19. The third-order valence-electron chi connectivity index (χ3n) is 4.85. The van der Waals surface area contributed by atoms with Crippen LogP contribution in [0.2, 0.25) is 0 Å². The van der Waals surface area contributed by atoms with Crippen molar-refractivity contribution in [2.24, 2.45) is 5.18 Å². The normalized spacial score (nSPS) is 21.3. The summed E-state index contributed by atoms with van der Waals surface area (Å²) in [5, 5.41) is 41.8. The highest BCUT2D eigenvalue weighted by molar-refractivity contribution is 5.82. The Morgan fingerprint density at radius 3 is 2.48 bits per heavy atom. The molecule has 4 rings (SSSR count). The van der Waals surface area contributed by atoms with E-state index in [0.29, 0.717) is 11.1 Å². The van der Waals surface area contributed by atoms with Gasteiger partial charge in [0.05, 0.1) is 17.6 Å². The minimum absolute atomic E-state index is 0.153. The molecule has 0 saturated heterocycles. The second-order valence-corrected chi connectivity index (χ2v) is 6.78. The van der Waals surface area contributed by atoms with Crippen LogP contribution in [0.1, 0.15) is 0 Å². The van der Waals surface area contributed by atoms with Crippen molar-refractivity contribution in [3.05, 3.63) is 75.4 Å². The lowest BCUT2D eigenvalue weighted by Gasteiger charge is -2.32. The molecule has 31 heavy (non-hydrogen) atoms. The molecule has 1 aliphatic rings. The van der Waals surface area contributed by atoms with Gasteiger partial charge in [-0.1, -0.05) is 12.1 Å². The average molecular weight is 427 g/mol. The first-order chi connectivity index (χ1) is 14.9. The molecule has 0 aliphatic carbocycles. The summed E-state index contributed by atoms with van der Waals surface area (Å²) in [5.74, 6) is -1.29. The number of fused-ring (bicyclic) bond motifs is 1. The van der Waals surface area contributed by atoms with Gasteiger partial charge in [-0.05, 0) is 35.0 Å². The Kier molecular flexibility index (Phi) is 5.42. The predicted octanol–water partition coefficient (Wildman–Crippen LogP) is 2.64. The van der Waals surface area contributed by atoms with E-state index in [9.17, 15) is 30.1 Å². The van der Waals surface area contributed by atoms with Crippen molar-refractivity contribution >= 4 is 16.7 Å². The Bertz CT molecular complexity index is 1220. The zero-order chi connectivity index (χ0) is 22.1. The van der Waals surface area contributed by atoms with E-state index in [4.69, 9.17) is 13.9 Å². The van der Waals surface area contributed by atoms with E-state index in [2.05, 4.69) is 5.18 Å². The number of benzene rings is 2. The SMILES string of the molecule is O=Nc1ccc(-c2coc3cc(OC4OC(CO)C(O)=C(O)C4O)ccc3c2=O)cc1. The van der Waals surface area contributed by atoms with Gasteiger partial charge in [0.1, 0.15) is 29.4 Å². The molecule has 4 N–H and O–H groups in total. The lowest BCUT2D eigenvalue weighted by atomic mass is 10.1. The molecule has 10 heteroatoms. The number of ether oxygens (including phenoxy) is 2. The van der Waals surface area contributed by atoms with E-state index >= 15 is 0 Å². The average Bonchev–Trinajstić information content (AvgIpc) is 2.80. The fraction of sp³-hybridized carbons (Fsp3) is 0.190. The van der Waals surface area contributed by atoms with Gasteiger partial charge in [-0.3, -0.25) is 4.79 Å². The smallest absolute Gasteiger partial charge is 0.234 e. The van der Waals surface area contributed by atoms with Crippen LogP contribution in [-0.4, -0.2) is 45.5 Å². The van der Waals surface area contributed by atoms with Crippen LogP contribution in [0.4, 0.5) is 5.69 Å². The van der Waals surface area contributed by atoms with E-state index in [1.807, 2.05) is 0 Å². The monoisotopic (exact) mass is 427 g/mol. The zero-order valence-electron chi connectivity index (χ0n) is 15.8. The summed E-state index contributed by atoms with van der Waals surface area (Å²) in [7, 11) is 0. The highest BCUT2D eigenvalue weighted by Crippen LogP contribution is 2.28. The van der Waals surface area contributed by atoms with Gasteiger partial charge in [0.2, 0.25) is 6.29 Å². The molecular formula is C21H17NO9. The maximum absolute atomic E-state index is 12.9. The van der Waals surface area contributed by atoms with Gasteiger partial charge < -0.3 is 34.3 Å². The van der Waals surface area contributed by atoms with Crippen LogP contribution in [0.15, 0.2) is 74.6 Å². The second-order valence-electron chi connectivity index (χ2n) is 6.78. The van der Waals surface area contributed by atoms with Crippen LogP contribution in [0.3, 0.4) is 0 Å². The molecule has 0 amide bonds. The summed E-state index contributed by atoms with van der Waals surface area (Å²) in [5.41, 5.74) is 0.976. The Morgan fingerprint density at radius 1 is 1.06 bits per heavy atom. The van der Waals surface area contributed by atoms with Gasteiger partial charge in [0.15, 0.2) is 23.1 Å². The first kappa shape index (κ1) is 20.5. The first-order valence-corrected chi connectivity index (χ1v) is 9.15. The van der Waals surface area contributed by atoms with Crippen molar-refractivity contribution < 1.29 is 34.3 Å². The molecule has 1 aromatic heterocycles. The van der Waals surface area contributed by atoms with Crippen molar-refractivity contribution in [2.45, 2.75) is 18.5 Å². The summed E-state index contributed by atoms with van der Waals surface area (Å²) < 4.78 is 16.3. The van der Waals surface area contributed by atoms with E-state index in [1.165, 1.54) is 36.6 Å². The van der Waals surface area contributed by atoms with Crippen LogP contribution < -0.4 is 10.2 Å². The number of hydrogen-bond donors (Lipinski definition) is 4. The summed E-state index contributed by atoms with van der Waals surface area (Å²) >= 11 is 0. The zero-order valence-corrected chi connectivity index (χ0v) is 15.8. The van der Waals surface area contributed by atoms with Crippen molar-refractivity contribution in [1.29, 1.82) is 0 Å². The van der Waals surface area contributed by atoms with Gasteiger partial charge >= 0.3 is 0 Å². The highest BCUT2D eigenvalue weighted by Gasteiger charge is 2.38. The molecule has 3 atom stereocenters. The van der Waals surface area contributed by atoms with Gasteiger partial charge in [-0.15, -0.1) is 4.91 Å². The standard InChI is InChI=1S/C21H17NO9/c23-8-16-18(25)19(26)20(27)21(31-16)30-12-5-6-13-15(7-12)29-9-14(17(13)24)10-1-3-11(22-28)4-2-10/h1-7,9,16,20-21,23,25-27H,8H2. The van der Waals surface area contributed by atoms with Crippen LogP contribution in [0.25, 0.3) is 22.1 Å². The molecule has 0 bridgehead atoms. The summed E-state index contributed by atoms with van der Waals surface area (Å²) in [6, 6.07) is 10.5.